The number of aromatic nitrogens is 2. The highest BCUT2D eigenvalue weighted by Gasteiger charge is 2.33. The summed E-state index contributed by atoms with van der Waals surface area (Å²) in [7, 11) is 1.44. The first kappa shape index (κ1) is 13.8. The van der Waals surface area contributed by atoms with Crippen molar-refractivity contribution in [1.82, 2.24) is 14.9 Å². The van der Waals surface area contributed by atoms with Gasteiger partial charge in [0.05, 0.1) is 24.8 Å². The Morgan fingerprint density at radius 3 is 2.90 bits per heavy atom. The molecule has 1 aromatic carbocycles. The Hall–Kier alpha value is -2.14. The van der Waals surface area contributed by atoms with Crippen LogP contribution >= 0.6 is 0 Å². The van der Waals surface area contributed by atoms with E-state index < -0.39 is 0 Å². The monoisotopic (exact) mass is 285 g/mol. The molecule has 1 N–H and O–H groups in total. The van der Waals surface area contributed by atoms with Crippen LogP contribution in [0.15, 0.2) is 30.6 Å². The summed E-state index contributed by atoms with van der Waals surface area (Å²) in [6.07, 6.45) is 2.28. The van der Waals surface area contributed by atoms with Gasteiger partial charge in [0.25, 0.3) is 0 Å². The molecule has 0 saturated heterocycles. The number of nitrogens with one attached hydrogen (secondary N) is 1. The van der Waals surface area contributed by atoms with Crippen molar-refractivity contribution >= 4 is 5.97 Å². The van der Waals surface area contributed by atoms with Crippen molar-refractivity contribution in [2.24, 2.45) is 0 Å². The van der Waals surface area contributed by atoms with Crippen LogP contribution in [0.2, 0.25) is 0 Å². The third-order valence-corrected chi connectivity index (χ3v) is 3.98. The van der Waals surface area contributed by atoms with E-state index in [4.69, 9.17) is 4.74 Å². The van der Waals surface area contributed by atoms with Gasteiger partial charge < -0.3 is 9.72 Å². The highest BCUT2D eigenvalue weighted by Crippen LogP contribution is 2.23. The van der Waals surface area contributed by atoms with E-state index in [1.54, 1.807) is 6.33 Å². The number of fused-ring (bicyclic) bond motifs is 1. The van der Waals surface area contributed by atoms with Gasteiger partial charge in [0.1, 0.15) is 6.04 Å². The number of nitrogens with zero attached hydrogens (tertiary/aromatic N) is 2. The van der Waals surface area contributed by atoms with Gasteiger partial charge in [-0.3, -0.25) is 9.69 Å². The van der Waals surface area contributed by atoms with Gasteiger partial charge in [-0.05, 0) is 12.5 Å². The van der Waals surface area contributed by atoms with Crippen molar-refractivity contribution in [1.29, 1.82) is 0 Å². The third kappa shape index (κ3) is 2.83. The Bertz CT molecular complexity index is 633. The molecule has 1 aliphatic heterocycles. The van der Waals surface area contributed by atoms with E-state index in [0.29, 0.717) is 13.0 Å². The van der Waals surface area contributed by atoms with Gasteiger partial charge in [-0.1, -0.05) is 29.8 Å². The van der Waals surface area contributed by atoms with E-state index in [1.165, 1.54) is 18.2 Å². The summed E-state index contributed by atoms with van der Waals surface area (Å²) in [5.74, 6) is -0.198. The first-order chi connectivity index (χ1) is 10.2. The Balaban J connectivity index is 1.83. The van der Waals surface area contributed by atoms with Gasteiger partial charge in [-0.25, -0.2) is 4.98 Å². The molecule has 2 aromatic rings. The van der Waals surface area contributed by atoms with Crippen LogP contribution in [0.4, 0.5) is 0 Å². The second-order valence-electron chi connectivity index (χ2n) is 5.46. The number of carbonyl (C=O) groups is 1. The fourth-order valence-corrected chi connectivity index (χ4v) is 2.75. The standard InChI is InChI=1S/C16H19N3O2/c1-11-3-5-12(6-4-11)8-19-9-14-13(17-10-18-14)7-15(19)16(20)21-2/h3-6,10,15H,7-9H2,1-2H3,(H,17,18). The van der Waals surface area contributed by atoms with Crippen LogP contribution in [0, 0.1) is 6.92 Å². The van der Waals surface area contributed by atoms with Gasteiger partial charge in [-0.2, -0.15) is 0 Å². The molecular formula is C16H19N3O2. The molecule has 0 aliphatic carbocycles. The van der Waals surface area contributed by atoms with Crippen LogP contribution in [-0.2, 0) is 29.0 Å². The topological polar surface area (TPSA) is 58.2 Å². The molecule has 5 heteroatoms. The molecule has 0 spiro atoms. The summed E-state index contributed by atoms with van der Waals surface area (Å²) in [5.41, 5.74) is 4.48. The maximum Gasteiger partial charge on any atom is 0.323 e. The molecule has 1 aliphatic rings. The minimum atomic E-state index is -0.271. The zero-order valence-corrected chi connectivity index (χ0v) is 12.3. The second kappa shape index (κ2) is 5.69. The number of aromatic amines is 1. The number of aryl methyl sites for hydroxylation is 1. The number of benzene rings is 1. The number of carbonyl (C=O) groups excluding carboxylic acids is 1. The fraction of sp³-hybridized carbons (Fsp3) is 0.375. The van der Waals surface area contributed by atoms with Crippen LogP contribution in [0.3, 0.4) is 0 Å². The molecule has 1 unspecified atom stereocenters. The molecule has 1 atom stereocenters. The average molecular weight is 285 g/mol. The van der Waals surface area contributed by atoms with Crippen molar-refractivity contribution in [3.05, 3.63) is 53.1 Å². The molecular weight excluding hydrogens is 266 g/mol. The van der Waals surface area contributed by atoms with Gasteiger partial charge in [-0.15, -0.1) is 0 Å². The van der Waals surface area contributed by atoms with Crippen LogP contribution < -0.4 is 0 Å². The number of esters is 1. The van der Waals surface area contributed by atoms with Crippen molar-refractivity contribution in [3.63, 3.8) is 0 Å². The Labute approximate surface area is 124 Å². The number of rotatable bonds is 3. The predicted octanol–water partition coefficient (Wildman–Crippen LogP) is 1.82. The van der Waals surface area contributed by atoms with Crippen molar-refractivity contribution in [2.75, 3.05) is 7.11 Å². The predicted molar refractivity (Wildman–Crippen MR) is 78.5 cm³/mol. The van der Waals surface area contributed by atoms with E-state index in [0.717, 1.165) is 17.9 Å². The van der Waals surface area contributed by atoms with Crippen LogP contribution in [0.1, 0.15) is 22.5 Å². The summed E-state index contributed by atoms with van der Waals surface area (Å²) in [6, 6.07) is 8.12. The molecule has 3 rings (SSSR count). The zero-order valence-electron chi connectivity index (χ0n) is 12.3. The lowest BCUT2D eigenvalue weighted by molar-refractivity contribution is -0.148. The zero-order chi connectivity index (χ0) is 14.8. The largest absolute Gasteiger partial charge is 0.468 e. The number of ether oxygens (including phenoxy) is 1. The SMILES string of the molecule is COC(=O)C1Cc2nc[nH]c2CN1Cc1ccc(C)cc1. The van der Waals surface area contributed by atoms with Gasteiger partial charge >= 0.3 is 5.97 Å². The number of H-pyrrole nitrogens is 1. The first-order valence-corrected chi connectivity index (χ1v) is 7.06. The second-order valence-corrected chi connectivity index (χ2v) is 5.46. The maximum absolute atomic E-state index is 12.1. The summed E-state index contributed by atoms with van der Waals surface area (Å²) in [6.45, 7) is 3.47. The van der Waals surface area contributed by atoms with Crippen molar-refractivity contribution < 1.29 is 9.53 Å². The van der Waals surface area contributed by atoms with Crippen LogP contribution in [0.25, 0.3) is 0 Å². The highest BCUT2D eigenvalue weighted by atomic mass is 16.5. The summed E-state index contributed by atoms with van der Waals surface area (Å²) >= 11 is 0. The average Bonchev–Trinajstić information content (AvgIpc) is 2.95. The molecule has 1 aromatic heterocycles. The van der Waals surface area contributed by atoms with Gasteiger partial charge in [0.2, 0.25) is 0 Å². The van der Waals surface area contributed by atoms with E-state index in [9.17, 15) is 4.79 Å². The molecule has 0 saturated carbocycles. The summed E-state index contributed by atoms with van der Waals surface area (Å²) in [5, 5.41) is 0. The molecule has 2 heterocycles. The minimum absolute atomic E-state index is 0.198. The molecule has 0 amide bonds. The fourth-order valence-electron chi connectivity index (χ4n) is 2.75. The summed E-state index contributed by atoms with van der Waals surface area (Å²) in [4.78, 5) is 21.6. The molecule has 21 heavy (non-hydrogen) atoms. The van der Waals surface area contributed by atoms with Crippen LogP contribution in [0.5, 0.6) is 0 Å². The van der Waals surface area contributed by atoms with E-state index >= 15 is 0 Å². The van der Waals surface area contributed by atoms with E-state index in [-0.39, 0.29) is 12.0 Å². The number of methoxy groups -OCH3 is 1. The Kier molecular flexibility index (Phi) is 3.75. The van der Waals surface area contributed by atoms with E-state index in [2.05, 4.69) is 46.1 Å². The lowest BCUT2D eigenvalue weighted by atomic mass is 10.0. The van der Waals surface area contributed by atoms with Gasteiger partial charge in [0, 0.05) is 19.5 Å². The number of imidazole rings is 1. The lowest BCUT2D eigenvalue weighted by Crippen LogP contribution is -2.45. The number of hydrogen-bond donors (Lipinski definition) is 1. The number of hydrogen-bond acceptors (Lipinski definition) is 4. The Morgan fingerprint density at radius 1 is 1.43 bits per heavy atom. The van der Waals surface area contributed by atoms with E-state index in [1.807, 2.05) is 0 Å². The summed E-state index contributed by atoms with van der Waals surface area (Å²) < 4.78 is 4.95. The molecule has 110 valence electrons. The quantitative estimate of drug-likeness (QED) is 0.874. The normalized spacial score (nSPS) is 18.3. The van der Waals surface area contributed by atoms with Crippen molar-refractivity contribution in [2.45, 2.75) is 32.5 Å². The Morgan fingerprint density at radius 2 is 2.19 bits per heavy atom. The smallest absolute Gasteiger partial charge is 0.323 e. The van der Waals surface area contributed by atoms with Crippen molar-refractivity contribution in [3.8, 4) is 0 Å². The first-order valence-electron chi connectivity index (χ1n) is 7.06. The lowest BCUT2D eigenvalue weighted by Gasteiger charge is -2.33. The molecule has 5 nitrogen and oxygen atoms in total. The maximum atomic E-state index is 12.1. The molecule has 0 radical (unpaired) electrons. The van der Waals surface area contributed by atoms with Gasteiger partial charge in [0.15, 0.2) is 0 Å². The third-order valence-electron chi connectivity index (χ3n) is 3.98. The molecule has 0 bridgehead atoms. The highest BCUT2D eigenvalue weighted by molar-refractivity contribution is 5.76. The minimum Gasteiger partial charge on any atom is -0.468 e. The molecule has 0 fully saturated rings. The van der Waals surface area contributed by atoms with Crippen LogP contribution in [-0.4, -0.2) is 34.0 Å².